The van der Waals surface area contributed by atoms with Crippen molar-refractivity contribution < 1.29 is 18.0 Å². The Morgan fingerprint density at radius 3 is 2.10 bits per heavy atom. The molecule has 1 atom stereocenters. The molecule has 208 valence electrons. The van der Waals surface area contributed by atoms with Gasteiger partial charge >= 0.3 is 0 Å². The van der Waals surface area contributed by atoms with E-state index in [-0.39, 0.29) is 39.1 Å². The molecule has 0 unspecified atom stereocenters. The number of rotatable bonds is 11. The fraction of sp³-hybridized carbons (Fsp3) is 0.286. The minimum Gasteiger partial charge on any atom is -0.352 e. The number of benzene rings is 3. The van der Waals surface area contributed by atoms with E-state index in [4.69, 9.17) is 34.8 Å². The van der Waals surface area contributed by atoms with Crippen molar-refractivity contribution in [2.75, 3.05) is 10.8 Å². The summed E-state index contributed by atoms with van der Waals surface area (Å²) in [5.74, 6) is -0.939. The lowest BCUT2D eigenvalue weighted by atomic mass is 10.1. The number of nitrogens with one attached hydrogen (secondary N) is 1. The molecule has 0 saturated heterocycles. The van der Waals surface area contributed by atoms with Gasteiger partial charge in [0.2, 0.25) is 11.8 Å². The van der Waals surface area contributed by atoms with Gasteiger partial charge in [-0.1, -0.05) is 78.1 Å². The molecule has 7 nitrogen and oxygen atoms in total. The Morgan fingerprint density at radius 1 is 0.872 bits per heavy atom. The smallest absolute Gasteiger partial charge is 0.264 e. The van der Waals surface area contributed by atoms with Crippen LogP contribution in [-0.2, 0) is 26.2 Å². The Balaban J connectivity index is 2.09. The van der Waals surface area contributed by atoms with Gasteiger partial charge in [-0.05, 0) is 62.2 Å². The third-order valence-corrected chi connectivity index (χ3v) is 8.81. The molecular formula is C28H30Cl3N3O4S. The standard InChI is InChI=1S/C28H30Cl3N3O4S/c1-4-26(28(36)32-19(2)3)33(17-20-10-8-9-13-23(20)29)27(35)18-34(21-14-15-24(30)25(31)16-21)39(37,38)22-11-6-5-7-12-22/h5-16,19,26H,4,17-18H2,1-3H3,(H,32,36)/t26-/m0/s1. The molecule has 0 aliphatic rings. The number of carbonyl (C=O) groups is 2. The highest BCUT2D eigenvalue weighted by atomic mass is 35.5. The molecule has 3 aromatic carbocycles. The first kappa shape index (κ1) is 30.8. The summed E-state index contributed by atoms with van der Waals surface area (Å²) in [4.78, 5) is 28.5. The summed E-state index contributed by atoms with van der Waals surface area (Å²) in [5, 5.41) is 3.65. The van der Waals surface area contributed by atoms with E-state index in [2.05, 4.69) is 5.32 Å². The van der Waals surface area contributed by atoms with Crippen LogP contribution in [0.15, 0.2) is 77.7 Å². The predicted octanol–water partition coefficient (Wildman–Crippen LogP) is 6.17. The molecule has 0 spiro atoms. The molecule has 0 radical (unpaired) electrons. The van der Waals surface area contributed by atoms with E-state index in [9.17, 15) is 18.0 Å². The van der Waals surface area contributed by atoms with Crippen molar-refractivity contribution in [3.8, 4) is 0 Å². The van der Waals surface area contributed by atoms with Crippen molar-refractivity contribution in [2.24, 2.45) is 0 Å². The third kappa shape index (κ3) is 7.66. The zero-order chi connectivity index (χ0) is 28.7. The zero-order valence-electron chi connectivity index (χ0n) is 21.8. The molecule has 0 aliphatic carbocycles. The normalized spacial score (nSPS) is 12.2. The first-order valence-electron chi connectivity index (χ1n) is 12.3. The van der Waals surface area contributed by atoms with Gasteiger partial charge in [-0.25, -0.2) is 8.42 Å². The van der Waals surface area contributed by atoms with E-state index in [1.165, 1.54) is 35.2 Å². The topological polar surface area (TPSA) is 86.8 Å². The minimum absolute atomic E-state index is 0.00310. The van der Waals surface area contributed by atoms with Gasteiger partial charge in [0, 0.05) is 17.6 Å². The zero-order valence-corrected chi connectivity index (χ0v) is 24.9. The van der Waals surface area contributed by atoms with E-state index >= 15 is 0 Å². The summed E-state index contributed by atoms with van der Waals surface area (Å²) in [7, 11) is -4.21. The van der Waals surface area contributed by atoms with Crippen LogP contribution < -0.4 is 9.62 Å². The summed E-state index contributed by atoms with van der Waals surface area (Å²) in [6.45, 7) is 4.84. The van der Waals surface area contributed by atoms with Crippen molar-refractivity contribution in [3.05, 3.63) is 93.4 Å². The number of anilines is 1. The van der Waals surface area contributed by atoms with Crippen molar-refractivity contribution in [2.45, 2.75) is 50.7 Å². The van der Waals surface area contributed by atoms with Crippen LogP contribution in [0.3, 0.4) is 0 Å². The Morgan fingerprint density at radius 2 is 1.51 bits per heavy atom. The van der Waals surface area contributed by atoms with Gasteiger partial charge in [0.15, 0.2) is 0 Å². The van der Waals surface area contributed by atoms with E-state index in [0.717, 1.165) is 4.31 Å². The van der Waals surface area contributed by atoms with Gasteiger partial charge in [0.25, 0.3) is 10.0 Å². The Hall–Kier alpha value is -2.78. The van der Waals surface area contributed by atoms with Crippen molar-refractivity contribution >= 4 is 62.3 Å². The van der Waals surface area contributed by atoms with Gasteiger partial charge in [0.05, 0.1) is 20.6 Å². The highest BCUT2D eigenvalue weighted by Crippen LogP contribution is 2.31. The van der Waals surface area contributed by atoms with Gasteiger partial charge in [0.1, 0.15) is 12.6 Å². The molecule has 3 rings (SSSR count). The van der Waals surface area contributed by atoms with E-state index in [0.29, 0.717) is 17.0 Å². The lowest BCUT2D eigenvalue weighted by Crippen LogP contribution is -2.53. The van der Waals surface area contributed by atoms with Crippen LogP contribution in [0.25, 0.3) is 0 Å². The number of amides is 2. The van der Waals surface area contributed by atoms with Crippen LogP contribution in [-0.4, -0.2) is 43.8 Å². The molecule has 1 N–H and O–H groups in total. The molecule has 2 amide bonds. The van der Waals surface area contributed by atoms with Crippen molar-refractivity contribution in [3.63, 3.8) is 0 Å². The summed E-state index contributed by atoms with van der Waals surface area (Å²) in [5.41, 5.74) is 0.772. The molecule has 0 heterocycles. The number of halogens is 3. The van der Waals surface area contributed by atoms with Gasteiger partial charge in [-0.3, -0.25) is 13.9 Å². The Bertz CT molecular complexity index is 1420. The number of sulfonamides is 1. The molecule has 0 aromatic heterocycles. The number of carbonyl (C=O) groups excluding carboxylic acids is 2. The molecule has 0 bridgehead atoms. The molecule has 3 aromatic rings. The average Bonchev–Trinajstić information content (AvgIpc) is 2.89. The maximum atomic E-state index is 14.0. The highest BCUT2D eigenvalue weighted by Gasteiger charge is 2.34. The SMILES string of the molecule is CC[C@@H](C(=O)NC(C)C)N(Cc1ccccc1Cl)C(=O)CN(c1ccc(Cl)c(Cl)c1)S(=O)(=O)c1ccccc1. The van der Waals surface area contributed by atoms with E-state index in [1.54, 1.807) is 49.4 Å². The molecule has 0 aliphatic heterocycles. The highest BCUT2D eigenvalue weighted by molar-refractivity contribution is 7.92. The predicted molar refractivity (Wildman–Crippen MR) is 157 cm³/mol. The summed E-state index contributed by atoms with van der Waals surface area (Å²) < 4.78 is 28.6. The van der Waals surface area contributed by atoms with Crippen LogP contribution in [0.1, 0.15) is 32.8 Å². The van der Waals surface area contributed by atoms with E-state index < -0.39 is 28.5 Å². The second-order valence-corrected chi connectivity index (χ2v) is 12.2. The minimum atomic E-state index is -4.21. The Labute approximate surface area is 244 Å². The second-order valence-electron chi connectivity index (χ2n) is 9.12. The lowest BCUT2D eigenvalue weighted by Gasteiger charge is -2.33. The fourth-order valence-corrected chi connectivity index (χ4v) is 5.91. The fourth-order valence-electron chi connectivity index (χ4n) is 4.00. The maximum absolute atomic E-state index is 14.0. The quantitative estimate of drug-likeness (QED) is 0.281. The van der Waals surface area contributed by atoms with Crippen LogP contribution in [0.4, 0.5) is 5.69 Å². The van der Waals surface area contributed by atoms with Crippen molar-refractivity contribution in [1.82, 2.24) is 10.2 Å². The molecule has 39 heavy (non-hydrogen) atoms. The third-order valence-electron chi connectivity index (χ3n) is 5.92. The van der Waals surface area contributed by atoms with Gasteiger partial charge in [-0.15, -0.1) is 0 Å². The molecule has 0 saturated carbocycles. The average molecular weight is 611 g/mol. The number of hydrogen-bond donors (Lipinski definition) is 1. The van der Waals surface area contributed by atoms with Crippen LogP contribution in [0.5, 0.6) is 0 Å². The molecule has 0 fully saturated rings. The number of hydrogen-bond acceptors (Lipinski definition) is 4. The molecular weight excluding hydrogens is 581 g/mol. The Kier molecular flexibility index (Phi) is 10.7. The second kappa shape index (κ2) is 13.5. The lowest BCUT2D eigenvalue weighted by molar-refractivity contribution is -0.140. The summed E-state index contributed by atoms with van der Waals surface area (Å²) in [6, 6.07) is 18.0. The summed E-state index contributed by atoms with van der Waals surface area (Å²) >= 11 is 18.7. The summed E-state index contributed by atoms with van der Waals surface area (Å²) in [6.07, 6.45) is 0.299. The number of nitrogens with zero attached hydrogens (tertiary/aromatic N) is 2. The largest absolute Gasteiger partial charge is 0.352 e. The van der Waals surface area contributed by atoms with E-state index in [1.807, 2.05) is 13.8 Å². The molecule has 11 heteroatoms. The first-order chi connectivity index (χ1) is 18.4. The van der Waals surface area contributed by atoms with Crippen LogP contribution in [0.2, 0.25) is 15.1 Å². The van der Waals surface area contributed by atoms with Gasteiger partial charge < -0.3 is 10.2 Å². The van der Waals surface area contributed by atoms with Crippen LogP contribution in [0, 0.1) is 0 Å². The first-order valence-corrected chi connectivity index (χ1v) is 14.9. The maximum Gasteiger partial charge on any atom is 0.264 e. The monoisotopic (exact) mass is 609 g/mol. The van der Waals surface area contributed by atoms with Crippen molar-refractivity contribution in [1.29, 1.82) is 0 Å². The van der Waals surface area contributed by atoms with Gasteiger partial charge in [-0.2, -0.15) is 0 Å². The van der Waals surface area contributed by atoms with Crippen LogP contribution >= 0.6 is 34.8 Å².